The van der Waals surface area contributed by atoms with Crippen molar-refractivity contribution in [1.82, 2.24) is 9.03 Å². The van der Waals surface area contributed by atoms with E-state index in [1.165, 1.54) is 19.0 Å². The molecule has 18 heavy (non-hydrogen) atoms. The fraction of sp³-hybridized carbons (Fsp3) is 0.364. The molecule has 7 heteroatoms. The maximum atomic E-state index is 11.8. The molecule has 0 radical (unpaired) electrons. The third kappa shape index (κ3) is 3.80. The Morgan fingerprint density at radius 3 is 2.22 bits per heavy atom. The summed E-state index contributed by atoms with van der Waals surface area (Å²) in [6, 6.07) is 9.01. The molecule has 0 bridgehead atoms. The quantitative estimate of drug-likeness (QED) is 0.822. The van der Waals surface area contributed by atoms with E-state index in [4.69, 9.17) is 0 Å². The maximum Gasteiger partial charge on any atom is 0.279 e. The lowest BCUT2D eigenvalue weighted by atomic mass is 10.3. The summed E-state index contributed by atoms with van der Waals surface area (Å²) in [5.74, 6) is -0.327. The van der Waals surface area contributed by atoms with Gasteiger partial charge in [0.05, 0.1) is 6.54 Å². The van der Waals surface area contributed by atoms with Gasteiger partial charge < -0.3 is 4.90 Å². The minimum absolute atomic E-state index is 0.272. The Morgan fingerprint density at radius 2 is 1.72 bits per heavy atom. The molecule has 0 aliphatic carbocycles. The van der Waals surface area contributed by atoms with E-state index in [1.807, 2.05) is 18.2 Å². The third-order valence-electron chi connectivity index (χ3n) is 2.40. The van der Waals surface area contributed by atoms with Gasteiger partial charge in [0, 0.05) is 26.8 Å². The van der Waals surface area contributed by atoms with Crippen LogP contribution in [0.15, 0.2) is 30.3 Å². The number of nitrogens with zero attached hydrogens (tertiary/aromatic N) is 2. The first-order valence-electron chi connectivity index (χ1n) is 5.33. The van der Waals surface area contributed by atoms with E-state index in [0.717, 1.165) is 4.31 Å². The zero-order valence-electron chi connectivity index (χ0n) is 10.6. The van der Waals surface area contributed by atoms with Gasteiger partial charge in [-0.1, -0.05) is 18.2 Å². The van der Waals surface area contributed by atoms with Crippen molar-refractivity contribution in [3.05, 3.63) is 30.3 Å². The molecule has 0 spiro atoms. The number of carbonyl (C=O) groups is 1. The molecular weight excluding hydrogens is 254 g/mol. The Morgan fingerprint density at radius 1 is 1.17 bits per heavy atom. The zero-order valence-corrected chi connectivity index (χ0v) is 11.4. The van der Waals surface area contributed by atoms with Crippen LogP contribution in [0.5, 0.6) is 0 Å². The van der Waals surface area contributed by atoms with E-state index in [0.29, 0.717) is 5.69 Å². The average Bonchev–Trinajstić information content (AvgIpc) is 2.36. The van der Waals surface area contributed by atoms with Gasteiger partial charge in [0.15, 0.2) is 0 Å². The summed E-state index contributed by atoms with van der Waals surface area (Å²) >= 11 is 0. The predicted molar refractivity (Wildman–Crippen MR) is 70.5 cm³/mol. The van der Waals surface area contributed by atoms with Crippen LogP contribution in [0.4, 0.5) is 5.69 Å². The Kier molecular flexibility index (Phi) is 4.83. The molecule has 0 aliphatic rings. The molecule has 100 valence electrons. The summed E-state index contributed by atoms with van der Waals surface area (Å²) < 4.78 is 26.1. The first-order chi connectivity index (χ1) is 8.34. The molecule has 1 aromatic carbocycles. The van der Waals surface area contributed by atoms with Crippen molar-refractivity contribution in [3.8, 4) is 0 Å². The molecule has 1 N–H and O–H groups in total. The van der Waals surface area contributed by atoms with E-state index >= 15 is 0 Å². The van der Waals surface area contributed by atoms with Crippen molar-refractivity contribution >= 4 is 21.8 Å². The third-order valence-corrected chi connectivity index (χ3v) is 3.87. The molecular formula is C11H17N3O3S. The molecule has 0 aliphatic heterocycles. The van der Waals surface area contributed by atoms with Gasteiger partial charge in [0.1, 0.15) is 0 Å². The SMILES string of the molecule is CN(C(=O)CNS(=O)(=O)N(C)C)c1ccccc1. The van der Waals surface area contributed by atoms with Crippen molar-refractivity contribution in [2.24, 2.45) is 0 Å². The molecule has 0 aromatic heterocycles. The number of hydrogen-bond donors (Lipinski definition) is 1. The predicted octanol–water partition coefficient (Wildman–Crippen LogP) is 0.0454. The summed E-state index contributed by atoms with van der Waals surface area (Å²) in [6.45, 7) is -0.272. The number of carbonyl (C=O) groups excluding carboxylic acids is 1. The van der Waals surface area contributed by atoms with Crippen LogP contribution in [-0.2, 0) is 15.0 Å². The van der Waals surface area contributed by atoms with Gasteiger partial charge >= 0.3 is 0 Å². The Hall–Kier alpha value is -1.44. The number of anilines is 1. The molecule has 1 amide bonds. The van der Waals surface area contributed by atoms with Crippen LogP contribution in [0.25, 0.3) is 0 Å². The molecule has 0 unspecified atom stereocenters. The highest BCUT2D eigenvalue weighted by molar-refractivity contribution is 7.87. The van der Waals surface area contributed by atoms with Crippen LogP contribution >= 0.6 is 0 Å². The van der Waals surface area contributed by atoms with Crippen molar-refractivity contribution in [2.75, 3.05) is 32.6 Å². The Balaban J connectivity index is 2.62. The lowest BCUT2D eigenvalue weighted by molar-refractivity contribution is -0.117. The van der Waals surface area contributed by atoms with Crippen molar-refractivity contribution in [1.29, 1.82) is 0 Å². The number of rotatable bonds is 5. The van der Waals surface area contributed by atoms with E-state index in [2.05, 4.69) is 4.72 Å². The second kappa shape index (κ2) is 5.94. The topological polar surface area (TPSA) is 69.7 Å². The number of nitrogens with one attached hydrogen (secondary N) is 1. The van der Waals surface area contributed by atoms with E-state index in [1.54, 1.807) is 19.2 Å². The van der Waals surface area contributed by atoms with E-state index < -0.39 is 10.2 Å². The largest absolute Gasteiger partial charge is 0.314 e. The summed E-state index contributed by atoms with van der Waals surface area (Å²) in [7, 11) is 0.819. The molecule has 0 atom stereocenters. The minimum Gasteiger partial charge on any atom is -0.314 e. The van der Waals surface area contributed by atoms with Gasteiger partial charge in [-0.05, 0) is 12.1 Å². The van der Waals surface area contributed by atoms with Crippen LogP contribution in [-0.4, -0.2) is 46.3 Å². The zero-order chi connectivity index (χ0) is 13.8. The number of amides is 1. The highest BCUT2D eigenvalue weighted by Crippen LogP contribution is 2.10. The maximum absolute atomic E-state index is 11.8. The molecule has 0 fully saturated rings. The average molecular weight is 271 g/mol. The molecule has 1 aromatic rings. The number of likely N-dealkylation sites (N-methyl/N-ethyl adjacent to an activating group) is 1. The molecule has 6 nitrogen and oxygen atoms in total. The summed E-state index contributed by atoms with van der Waals surface area (Å²) in [5, 5.41) is 0. The first-order valence-corrected chi connectivity index (χ1v) is 6.77. The fourth-order valence-corrected chi connectivity index (χ4v) is 1.76. The number of para-hydroxylation sites is 1. The monoisotopic (exact) mass is 271 g/mol. The second-order valence-electron chi connectivity index (χ2n) is 3.90. The molecule has 0 heterocycles. The standard InChI is InChI=1S/C11H17N3O3S/c1-13(2)18(16,17)12-9-11(15)14(3)10-7-5-4-6-8-10/h4-8,12H,9H2,1-3H3. The lowest BCUT2D eigenvalue weighted by Crippen LogP contribution is -2.42. The lowest BCUT2D eigenvalue weighted by Gasteiger charge is -2.18. The highest BCUT2D eigenvalue weighted by atomic mass is 32.2. The molecule has 1 rings (SSSR count). The minimum atomic E-state index is -3.57. The van der Waals surface area contributed by atoms with Crippen LogP contribution < -0.4 is 9.62 Å². The van der Waals surface area contributed by atoms with Gasteiger partial charge in [-0.25, -0.2) is 0 Å². The van der Waals surface area contributed by atoms with Crippen molar-refractivity contribution in [2.45, 2.75) is 0 Å². The smallest absolute Gasteiger partial charge is 0.279 e. The second-order valence-corrected chi connectivity index (χ2v) is 5.87. The van der Waals surface area contributed by atoms with Crippen LogP contribution in [0.3, 0.4) is 0 Å². The van der Waals surface area contributed by atoms with Gasteiger partial charge in [-0.15, -0.1) is 0 Å². The van der Waals surface area contributed by atoms with E-state index in [-0.39, 0.29) is 12.5 Å². The van der Waals surface area contributed by atoms with Crippen molar-refractivity contribution < 1.29 is 13.2 Å². The van der Waals surface area contributed by atoms with Crippen molar-refractivity contribution in [3.63, 3.8) is 0 Å². The first kappa shape index (κ1) is 14.6. The van der Waals surface area contributed by atoms with Crippen LogP contribution in [0, 0.1) is 0 Å². The highest BCUT2D eigenvalue weighted by Gasteiger charge is 2.17. The summed E-state index contributed by atoms with van der Waals surface area (Å²) in [5.41, 5.74) is 0.714. The number of benzene rings is 1. The summed E-state index contributed by atoms with van der Waals surface area (Å²) in [4.78, 5) is 13.2. The molecule has 0 saturated carbocycles. The Bertz CT molecular complexity index is 500. The van der Waals surface area contributed by atoms with Crippen LogP contribution in [0.2, 0.25) is 0 Å². The van der Waals surface area contributed by atoms with E-state index in [9.17, 15) is 13.2 Å². The summed E-state index contributed by atoms with van der Waals surface area (Å²) in [6.07, 6.45) is 0. The molecule has 0 saturated heterocycles. The van der Waals surface area contributed by atoms with Gasteiger partial charge in [0.25, 0.3) is 10.2 Å². The van der Waals surface area contributed by atoms with Gasteiger partial charge in [-0.3, -0.25) is 4.79 Å². The van der Waals surface area contributed by atoms with Gasteiger partial charge in [0.2, 0.25) is 5.91 Å². The Labute approximate surface area is 107 Å². The fourth-order valence-electron chi connectivity index (χ4n) is 1.20. The van der Waals surface area contributed by atoms with Crippen LogP contribution in [0.1, 0.15) is 0 Å². The normalized spacial score (nSPS) is 11.6. The number of hydrogen-bond acceptors (Lipinski definition) is 3. The van der Waals surface area contributed by atoms with Gasteiger partial charge in [-0.2, -0.15) is 17.4 Å².